The van der Waals surface area contributed by atoms with E-state index in [-0.39, 0.29) is 19.8 Å². The van der Waals surface area contributed by atoms with Crippen molar-refractivity contribution >= 4 is 11.9 Å². The highest BCUT2D eigenvalue weighted by Crippen LogP contribution is 2.18. The van der Waals surface area contributed by atoms with Gasteiger partial charge in [0.2, 0.25) is 0 Å². The van der Waals surface area contributed by atoms with E-state index in [1.165, 1.54) is 0 Å². The summed E-state index contributed by atoms with van der Waals surface area (Å²) >= 11 is 0. The number of aliphatic carboxylic acids is 2. The molecule has 0 aliphatic carbocycles. The van der Waals surface area contributed by atoms with Gasteiger partial charge in [0.1, 0.15) is 0 Å². The Labute approximate surface area is 145 Å². The van der Waals surface area contributed by atoms with Crippen molar-refractivity contribution in [2.75, 3.05) is 19.8 Å². The SMILES string of the molecule is CCC(CO)(CO)CO.CCCCC(=O)O.CCCCCC(=O)O. The van der Waals surface area contributed by atoms with Crippen LogP contribution in [0.2, 0.25) is 0 Å². The molecule has 7 heteroatoms. The molecular weight excluding hydrogens is 316 g/mol. The van der Waals surface area contributed by atoms with Gasteiger partial charge in [-0.15, -0.1) is 0 Å². The van der Waals surface area contributed by atoms with Crippen LogP contribution < -0.4 is 0 Å². The molecule has 0 fully saturated rings. The van der Waals surface area contributed by atoms with Crippen LogP contribution in [0.15, 0.2) is 0 Å². The summed E-state index contributed by atoms with van der Waals surface area (Å²) < 4.78 is 0. The zero-order valence-electron chi connectivity index (χ0n) is 15.3. The quantitative estimate of drug-likeness (QED) is 0.360. The van der Waals surface area contributed by atoms with Gasteiger partial charge in [-0.2, -0.15) is 0 Å². The van der Waals surface area contributed by atoms with Crippen LogP contribution >= 0.6 is 0 Å². The second kappa shape index (κ2) is 19.9. The summed E-state index contributed by atoms with van der Waals surface area (Å²) in [5, 5.41) is 42.2. The summed E-state index contributed by atoms with van der Waals surface area (Å²) in [4.78, 5) is 19.6. The summed E-state index contributed by atoms with van der Waals surface area (Å²) in [7, 11) is 0. The molecule has 0 heterocycles. The molecule has 0 saturated carbocycles. The van der Waals surface area contributed by atoms with Gasteiger partial charge < -0.3 is 25.5 Å². The molecule has 0 aliphatic rings. The zero-order valence-corrected chi connectivity index (χ0v) is 15.3. The standard InChI is InChI=1S/C6H14O3.C6H12O2.C5H10O2/c1-2-6(3-7,4-8)5-9;1-2-3-4-5-6(7)8;1-2-3-4-5(6)7/h7-9H,2-5H2,1H3;2-5H2,1H3,(H,7,8);2-4H2,1H3,(H,6,7). The fourth-order valence-corrected chi connectivity index (χ4v) is 1.34. The molecule has 5 N–H and O–H groups in total. The Hall–Kier alpha value is -1.18. The van der Waals surface area contributed by atoms with Crippen molar-refractivity contribution in [3.05, 3.63) is 0 Å². The molecule has 0 aromatic rings. The minimum absolute atomic E-state index is 0.156. The van der Waals surface area contributed by atoms with Gasteiger partial charge in [-0.3, -0.25) is 9.59 Å². The fraction of sp³-hybridized carbons (Fsp3) is 0.882. The molecule has 0 unspecified atom stereocenters. The predicted molar refractivity (Wildman–Crippen MR) is 92.9 cm³/mol. The van der Waals surface area contributed by atoms with E-state index in [9.17, 15) is 9.59 Å². The van der Waals surface area contributed by atoms with Crippen LogP contribution in [0.5, 0.6) is 0 Å². The number of carboxylic acid groups (broad SMARTS) is 2. The number of hydrogen-bond acceptors (Lipinski definition) is 5. The lowest BCUT2D eigenvalue weighted by atomic mass is 9.88. The lowest BCUT2D eigenvalue weighted by Crippen LogP contribution is -2.32. The van der Waals surface area contributed by atoms with E-state index in [1.54, 1.807) is 0 Å². The summed E-state index contributed by atoms with van der Waals surface area (Å²) in [6, 6.07) is 0. The lowest BCUT2D eigenvalue weighted by molar-refractivity contribution is -0.138. The molecule has 0 amide bonds. The van der Waals surface area contributed by atoms with Crippen LogP contribution in [0.3, 0.4) is 0 Å². The molecule has 0 atom stereocenters. The number of hydrogen-bond donors (Lipinski definition) is 5. The number of carbonyl (C=O) groups is 2. The largest absolute Gasteiger partial charge is 0.481 e. The number of aliphatic hydroxyl groups excluding tert-OH is 3. The van der Waals surface area contributed by atoms with Crippen LogP contribution in [-0.2, 0) is 9.59 Å². The average Bonchev–Trinajstić information content (AvgIpc) is 2.57. The maximum atomic E-state index is 9.87. The second-order valence-corrected chi connectivity index (χ2v) is 5.68. The summed E-state index contributed by atoms with van der Waals surface area (Å²) in [5.41, 5.74) is -0.667. The van der Waals surface area contributed by atoms with Crippen LogP contribution in [0.25, 0.3) is 0 Å². The first-order chi connectivity index (χ1) is 11.3. The van der Waals surface area contributed by atoms with Gasteiger partial charge in [0, 0.05) is 18.3 Å². The van der Waals surface area contributed by atoms with Crippen molar-refractivity contribution in [1.82, 2.24) is 0 Å². The normalized spacial score (nSPS) is 10.1. The molecule has 146 valence electrons. The van der Waals surface area contributed by atoms with E-state index in [1.807, 2.05) is 13.8 Å². The van der Waals surface area contributed by atoms with Gasteiger partial charge in [-0.1, -0.05) is 40.0 Å². The van der Waals surface area contributed by atoms with Gasteiger partial charge >= 0.3 is 11.9 Å². The van der Waals surface area contributed by atoms with E-state index < -0.39 is 17.4 Å². The van der Waals surface area contributed by atoms with Crippen molar-refractivity contribution in [1.29, 1.82) is 0 Å². The fourth-order valence-electron chi connectivity index (χ4n) is 1.34. The average molecular weight is 352 g/mol. The highest BCUT2D eigenvalue weighted by molar-refractivity contribution is 5.66. The Morgan fingerprint density at radius 1 is 0.708 bits per heavy atom. The van der Waals surface area contributed by atoms with E-state index in [0.717, 1.165) is 32.1 Å². The van der Waals surface area contributed by atoms with Crippen LogP contribution in [0.4, 0.5) is 0 Å². The molecule has 0 saturated heterocycles. The van der Waals surface area contributed by atoms with E-state index in [2.05, 4.69) is 6.92 Å². The minimum Gasteiger partial charge on any atom is -0.481 e. The third kappa shape index (κ3) is 20.8. The van der Waals surface area contributed by atoms with Crippen molar-refractivity contribution in [2.45, 2.75) is 72.1 Å². The Morgan fingerprint density at radius 3 is 1.25 bits per heavy atom. The van der Waals surface area contributed by atoms with Gasteiger partial charge in [-0.25, -0.2) is 0 Å². The van der Waals surface area contributed by atoms with E-state index in [0.29, 0.717) is 19.3 Å². The summed E-state index contributed by atoms with van der Waals surface area (Å²) in [5.74, 6) is -1.37. The molecular formula is C17H36O7. The molecule has 0 aliphatic heterocycles. The van der Waals surface area contributed by atoms with Crippen LogP contribution in [-0.4, -0.2) is 57.3 Å². The third-order valence-electron chi connectivity index (χ3n) is 3.49. The molecule has 0 bridgehead atoms. The molecule has 0 aromatic carbocycles. The van der Waals surface area contributed by atoms with Crippen LogP contribution in [0.1, 0.15) is 72.1 Å². The number of aliphatic hydroxyl groups is 3. The zero-order chi connectivity index (χ0) is 19.4. The first-order valence-corrected chi connectivity index (χ1v) is 8.55. The van der Waals surface area contributed by atoms with Gasteiger partial charge in [0.15, 0.2) is 0 Å². The van der Waals surface area contributed by atoms with Crippen molar-refractivity contribution < 1.29 is 35.1 Å². The number of unbranched alkanes of at least 4 members (excludes halogenated alkanes) is 3. The molecule has 0 aromatic heterocycles. The highest BCUT2D eigenvalue weighted by atomic mass is 16.4. The van der Waals surface area contributed by atoms with Crippen LogP contribution in [0, 0.1) is 5.41 Å². The van der Waals surface area contributed by atoms with Crippen molar-refractivity contribution in [3.8, 4) is 0 Å². The third-order valence-corrected chi connectivity index (χ3v) is 3.49. The molecule has 0 radical (unpaired) electrons. The number of carboxylic acids is 2. The Kier molecular flexibility index (Phi) is 22.9. The van der Waals surface area contributed by atoms with Crippen molar-refractivity contribution in [2.24, 2.45) is 5.41 Å². The Bertz CT molecular complexity index is 271. The Morgan fingerprint density at radius 2 is 1.08 bits per heavy atom. The lowest BCUT2D eigenvalue weighted by Gasteiger charge is -2.24. The molecule has 7 nitrogen and oxygen atoms in total. The van der Waals surface area contributed by atoms with Gasteiger partial charge in [0.25, 0.3) is 0 Å². The summed E-state index contributed by atoms with van der Waals surface area (Å²) in [6.07, 6.45) is 5.95. The topological polar surface area (TPSA) is 135 Å². The summed E-state index contributed by atoms with van der Waals surface area (Å²) in [6.45, 7) is 5.39. The van der Waals surface area contributed by atoms with E-state index >= 15 is 0 Å². The highest BCUT2D eigenvalue weighted by Gasteiger charge is 2.24. The first kappa shape index (κ1) is 27.7. The molecule has 0 spiro atoms. The smallest absolute Gasteiger partial charge is 0.303 e. The van der Waals surface area contributed by atoms with E-state index in [4.69, 9.17) is 25.5 Å². The number of rotatable bonds is 11. The minimum atomic E-state index is -0.693. The molecule has 24 heavy (non-hydrogen) atoms. The maximum absolute atomic E-state index is 9.87. The van der Waals surface area contributed by atoms with Crippen molar-refractivity contribution in [3.63, 3.8) is 0 Å². The maximum Gasteiger partial charge on any atom is 0.303 e. The Balaban J connectivity index is -0.000000278. The van der Waals surface area contributed by atoms with Gasteiger partial charge in [-0.05, 0) is 19.3 Å². The second-order valence-electron chi connectivity index (χ2n) is 5.68. The van der Waals surface area contributed by atoms with Gasteiger partial charge in [0.05, 0.1) is 19.8 Å². The monoisotopic (exact) mass is 352 g/mol. The first-order valence-electron chi connectivity index (χ1n) is 8.55. The molecule has 0 rings (SSSR count). The predicted octanol–water partition coefficient (Wildman–Crippen LogP) is 2.27.